The SMILES string of the molecule is O=C(Nc1cncc(-c2ccc3[nH]nc(-c4nc5c(-c6ccc7c(c6)OCO7)nccc5[nH]4)c3n2)c1)C1CCC1. The number of hydrogen-bond acceptors (Lipinski definition) is 8. The lowest BCUT2D eigenvalue weighted by atomic mass is 9.85. The highest BCUT2D eigenvalue weighted by molar-refractivity contribution is 5.96. The van der Waals surface area contributed by atoms with Gasteiger partial charge in [0.05, 0.1) is 34.3 Å². The second kappa shape index (κ2) is 8.87. The maximum atomic E-state index is 12.4. The number of nitrogens with zero attached hydrogens (tertiary/aromatic N) is 5. The second-order valence-electron chi connectivity index (χ2n) is 9.95. The van der Waals surface area contributed by atoms with Crippen LogP contribution in [-0.2, 0) is 4.79 Å². The van der Waals surface area contributed by atoms with Crippen LogP contribution in [0.2, 0.25) is 0 Å². The Labute approximate surface area is 227 Å². The van der Waals surface area contributed by atoms with Gasteiger partial charge in [-0.05, 0) is 55.3 Å². The van der Waals surface area contributed by atoms with Gasteiger partial charge in [0.25, 0.3) is 0 Å². The van der Waals surface area contributed by atoms with Gasteiger partial charge in [-0.3, -0.25) is 19.9 Å². The molecule has 196 valence electrons. The quantitative estimate of drug-likeness (QED) is 0.280. The highest BCUT2D eigenvalue weighted by Gasteiger charge is 2.25. The lowest BCUT2D eigenvalue weighted by Gasteiger charge is -2.24. The van der Waals surface area contributed by atoms with Gasteiger partial charge in [0.15, 0.2) is 23.0 Å². The fourth-order valence-electron chi connectivity index (χ4n) is 5.09. The van der Waals surface area contributed by atoms with Crippen molar-refractivity contribution < 1.29 is 14.3 Å². The highest BCUT2D eigenvalue weighted by Crippen LogP contribution is 2.37. The minimum absolute atomic E-state index is 0.0465. The van der Waals surface area contributed by atoms with Crippen molar-refractivity contribution >= 4 is 33.7 Å². The number of H-pyrrole nitrogens is 2. The third-order valence-electron chi connectivity index (χ3n) is 7.46. The van der Waals surface area contributed by atoms with Crippen LogP contribution in [0.4, 0.5) is 5.69 Å². The average molecular weight is 531 g/mol. The number of ether oxygens (including phenoxy) is 2. The molecule has 0 spiro atoms. The van der Waals surface area contributed by atoms with Crippen LogP contribution in [-0.4, -0.2) is 47.8 Å². The molecule has 0 bridgehead atoms. The molecule has 1 amide bonds. The van der Waals surface area contributed by atoms with Gasteiger partial charge >= 0.3 is 0 Å². The maximum absolute atomic E-state index is 12.4. The predicted molar refractivity (Wildman–Crippen MR) is 148 cm³/mol. The molecule has 8 rings (SSSR count). The van der Waals surface area contributed by atoms with Gasteiger partial charge in [0, 0.05) is 29.4 Å². The number of benzene rings is 1. The van der Waals surface area contributed by atoms with Crippen molar-refractivity contribution in [3.05, 3.63) is 61.1 Å². The summed E-state index contributed by atoms with van der Waals surface area (Å²) in [4.78, 5) is 34.5. The van der Waals surface area contributed by atoms with Crippen molar-refractivity contribution in [3.63, 3.8) is 0 Å². The molecular formula is C29H22N8O3. The summed E-state index contributed by atoms with van der Waals surface area (Å²) in [5, 5.41) is 10.6. The molecule has 1 aliphatic heterocycles. The van der Waals surface area contributed by atoms with Gasteiger partial charge in [-0.2, -0.15) is 5.10 Å². The Morgan fingerprint density at radius 3 is 2.70 bits per heavy atom. The van der Waals surface area contributed by atoms with Gasteiger partial charge in [0.1, 0.15) is 11.0 Å². The van der Waals surface area contributed by atoms with Crippen molar-refractivity contribution in [2.45, 2.75) is 19.3 Å². The highest BCUT2D eigenvalue weighted by atomic mass is 16.7. The van der Waals surface area contributed by atoms with E-state index in [4.69, 9.17) is 19.4 Å². The van der Waals surface area contributed by atoms with E-state index >= 15 is 0 Å². The smallest absolute Gasteiger partial charge is 0.231 e. The zero-order valence-electron chi connectivity index (χ0n) is 21.1. The first-order valence-corrected chi connectivity index (χ1v) is 13.1. The first-order valence-electron chi connectivity index (χ1n) is 13.1. The summed E-state index contributed by atoms with van der Waals surface area (Å²) in [6.07, 6.45) is 8.12. The average Bonchev–Trinajstić information content (AvgIpc) is 3.69. The molecule has 2 aliphatic rings. The number of carbonyl (C=O) groups is 1. The number of carbonyl (C=O) groups excluding carboxylic acids is 1. The van der Waals surface area contributed by atoms with Gasteiger partial charge in [0.2, 0.25) is 12.7 Å². The molecule has 1 aliphatic carbocycles. The number of hydrogen-bond donors (Lipinski definition) is 3. The molecule has 0 atom stereocenters. The van der Waals surface area contributed by atoms with E-state index in [1.807, 2.05) is 42.5 Å². The molecule has 6 aromatic rings. The Morgan fingerprint density at radius 2 is 1.80 bits per heavy atom. The number of aromatic amines is 2. The van der Waals surface area contributed by atoms with Crippen LogP contribution in [0.25, 0.3) is 56.1 Å². The van der Waals surface area contributed by atoms with E-state index in [2.05, 4.69) is 30.5 Å². The Morgan fingerprint density at radius 1 is 0.900 bits per heavy atom. The number of rotatable bonds is 5. The summed E-state index contributed by atoms with van der Waals surface area (Å²) in [5.41, 5.74) is 7.31. The second-order valence-corrected chi connectivity index (χ2v) is 9.95. The Hall–Kier alpha value is -5.32. The van der Waals surface area contributed by atoms with E-state index in [9.17, 15) is 4.79 Å². The van der Waals surface area contributed by atoms with E-state index in [0.29, 0.717) is 45.4 Å². The fraction of sp³-hybridized carbons (Fsp3) is 0.172. The van der Waals surface area contributed by atoms with E-state index in [1.54, 1.807) is 18.6 Å². The van der Waals surface area contributed by atoms with E-state index in [-0.39, 0.29) is 18.6 Å². The van der Waals surface area contributed by atoms with Crippen LogP contribution in [0.15, 0.2) is 61.1 Å². The van der Waals surface area contributed by atoms with E-state index in [0.717, 1.165) is 47.1 Å². The van der Waals surface area contributed by atoms with Crippen LogP contribution in [0.3, 0.4) is 0 Å². The monoisotopic (exact) mass is 530 g/mol. The summed E-state index contributed by atoms with van der Waals surface area (Å²) in [5.74, 6) is 2.11. The normalized spacial score (nSPS) is 14.5. The Balaban J connectivity index is 1.16. The zero-order chi connectivity index (χ0) is 26.6. The number of pyridine rings is 3. The van der Waals surface area contributed by atoms with Crippen molar-refractivity contribution in [3.8, 4) is 45.5 Å². The third kappa shape index (κ3) is 3.74. The van der Waals surface area contributed by atoms with Crippen molar-refractivity contribution in [1.82, 2.24) is 35.1 Å². The van der Waals surface area contributed by atoms with Crippen LogP contribution in [0.1, 0.15) is 19.3 Å². The van der Waals surface area contributed by atoms with E-state index < -0.39 is 0 Å². The lowest BCUT2D eigenvalue weighted by Crippen LogP contribution is -2.28. The zero-order valence-corrected chi connectivity index (χ0v) is 21.1. The van der Waals surface area contributed by atoms with Gasteiger partial charge in [-0.1, -0.05) is 6.42 Å². The van der Waals surface area contributed by atoms with E-state index in [1.165, 1.54) is 0 Å². The molecule has 0 unspecified atom stereocenters. The number of nitrogens with one attached hydrogen (secondary N) is 3. The van der Waals surface area contributed by atoms with Crippen molar-refractivity contribution in [2.24, 2.45) is 5.92 Å². The lowest BCUT2D eigenvalue weighted by molar-refractivity contribution is -0.122. The number of anilines is 1. The molecular weight excluding hydrogens is 508 g/mol. The topological polar surface area (TPSA) is 144 Å². The molecule has 1 saturated carbocycles. The molecule has 0 saturated heterocycles. The number of amides is 1. The Kier molecular flexibility index (Phi) is 5.02. The number of imidazole rings is 1. The summed E-state index contributed by atoms with van der Waals surface area (Å²) in [7, 11) is 0. The van der Waals surface area contributed by atoms with Gasteiger partial charge < -0.3 is 19.8 Å². The molecule has 1 fully saturated rings. The maximum Gasteiger partial charge on any atom is 0.231 e. The van der Waals surface area contributed by atoms with Gasteiger partial charge in [-0.25, -0.2) is 9.97 Å². The van der Waals surface area contributed by atoms with Crippen LogP contribution < -0.4 is 14.8 Å². The van der Waals surface area contributed by atoms with Crippen LogP contribution in [0, 0.1) is 5.92 Å². The molecule has 0 radical (unpaired) electrons. The number of fused-ring (bicyclic) bond motifs is 3. The van der Waals surface area contributed by atoms with Gasteiger partial charge in [-0.15, -0.1) is 0 Å². The Bertz CT molecular complexity index is 1940. The first-order chi connectivity index (χ1) is 19.7. The third-order valence-corrected chi connectivity index (χ3v) is 7.46. The molecule has 11 nitrogen and oxygen atoms in total. The first kappa shape index (κ1) is 22.6. The largest absolute Gasteiger partial charge is 0.454 e. The molecule has 3 N–H and O–H groups in total. The standard InChI is InChI=1S/C29H22N8O3/c38-29(15-2-1-3-15)32-18-10-17(12-30-13-18)19-5-6-21-26(33-19)27(37-36-21)28-34-20-8-9-31-24(25(20)35-28)16-4-7-22-23(11-16)40-14-39-22/h4-13,15H,1-3,14H2,(H,32,38)(H,34,35)(H,36,37). The number of aromatic nitrogens is 7. The molecule has 40 heavy (non-hydrogen) atoms. The summed E-state index contributed by atoms with van der Waals surface area (Å²) < 4.78 is 11.0. The predicted octanol–water partition coefficient (Wildman–Crippen LogP) is 5.09. The fourth-order valence-corrected chi connectivity index (χ4v) is 5.09. The summed E-state index contributed by atoms with van der Waals surface area (Å²) in [6, 6.07) is 13.3. The van der Waals surface area contributed by atoms with Crippen LogP contribution in [0.5, 0.6) is 11.5 Å². The molecule has 5 aromatic heterocycles. The van der Waals surface area contributed by atoms with Crippen molar-refractivity contribution in [2.75, 3.05) is 12.1 Å². The molecule has 11 heteroatoms. The summed E-state index contributed by atoms with van der Waals surface area (Å²) >= 11 is 0. The molecule has 1 aromatic carbocycles. The van der Waals surface area contributed by atoms with Crippen molar-refractivity contribution in [1.29, 1.82) is 0 Å². The summed E-state index contributed by atoms with van der Waals surface area (Å²) in [6.45, 7) is 0.208. The van der Waals surface area contributed by atoms with Crippen LogP contribution >= 0.6 is 0 Å². The molecule has 6 heterocycles. The minimum atomic E-state index is 0.0465. The minimum Gasteiger partial charge on any atom is -0.454 e.